The van der Waals surface area contributed by atoms with Crippen LogP contribution in [0.2, 0.25) is 54.4 Å². The molecule has 0 aromatic carbocycles. The van der Waals surface area contributed by atoms with Gasteiger partial charge in [-0.25, -0.2) is 0 Å². The van der Waals surface area contributed by atoms with Gasteiger partial charge in [0.1, 0.15) is 0 Å². The van der Waals surface area contributed by atoms with Crippen molar-refractivity contribution in [3.63, 3.8) is 0 Å². The fraction of sp³-hybridized carbons (Fsp3) is 0.857. The lowest BCUT2D eigenvalue weighted by molar-refractivity contribution is 1.04. The lowest BCUT2D eigenvalue weighted by atomic mass is 10.8. The van der Waals surface area contributed by atoms with Gasteiger partial charge in [0.05, 0.1) is 0 Å². The molecule has 1 aromatic heterocycles. The standard InChI is InChI=1S/C21H48N6Si3/c1-10-28(11-2,12-3)25-19-22-20(26-29(13-4,14-5)15-6)24-21(23-19)27-30(16-7,17-8)18-9/h10-18H2,1-9H3,(H3,22,23,24,25,26,27). The highest BCUT2D eigenvalue weighted by atomic mass is 28.3. The largest absolute Gasteiger partial charge is 0.380 e. The molecular formula is C21H48N6Si3. The average Bonchev–Trinajstić information content (AvgIpc) is 2.79. The van der Waals surface area contributed by atoms with Crippen LogP contribution in [0.4, 0.5) is 17.8 Å². The molecule has 0 spiro atoms. The molecule has 0 amide bonds. The van der Waals surface area contributed by atoms with Crippen molar-refractivity contribution in [2.24, 2.45) is 0 Å². The van der Waals surface area contributed by atoms with E-state index in [0.29, 0.717) is 0 Å². The molecule has 1 rings (SSSR count). The zero-order chi connectivity index (χ0) is 22.8. The normalized spacial score (nSPS) is 12.7. The van der Waals surface area contributed by atoms with Gasteiger partial charge in [0.25, 0.3) is 0 Å². The zero-order valence-corrected chi connectivity index (χ0v) is 24.2. The third-order valence-electron chi connectivity index (χ3n) is 7.86. The molecule has 0 bridgehead atoms. The van der Waals surface area contributed by atoms with Crippen molar-refractivity contribution in [1.82, 2.24) is 15.0 Å². The summed E-state index contributed by atoms with van der Waals surface area (Å²) >= 11 is 0. The first-order chi connectivity index (χ1) is 14.3. The van der Waals surface area contributed by atoms with Crippen LogP contribution < -0.4 is 14.9 Å². The molecule has 0 fully saturated rings. The Bertz CT molecular complexity index is 508. The second-order valence-corrected chi connectivity index (χ2v) is 23.5. The molecule has 30 heavy (non-hydrogen) atoms. The third kappa shape index (κ3) is 6.53. The van der Waals surface area contributed by atoms with Crippen molar-refractivity contribution in [3.05, 3.63) is 0 Å². The molecule has 174 valence electrons. The number of hydrogen-bond acceptors (Lipinski definition) is 6. The summed E-state index contributed by atoms with van der Waals surface area (Å²) < 4.78 is 0. The summed E-state index contributed by atoms with van der Waals surface area (Å²) in [6.45, 7) is 20.7. The number of nitrogens with zero attached hydrogens (tertiary/aromatic N) is 3. The Labute approximate surface area is 189 Å². The van der Waals surface area contributed by atoms with Crippen molar-refractivity contribution < 1.29 is 0 Å². The van der Waals surface area contributed by atoms with Crippen molar-refractivity contribution >= 4 is 42.6 Å². The number of hydrogen-bond donors (Lipinski definition) is 3. The molecule has 1 heterocycles. The first-order valence-corrected chi connectivity index (χ1v) is 20.3. The summed E-state index contributed by atoms with van der Waals surface area (Å²) in [4.78, 5) is 26.2. The van der Waals surface area contributed by atoms with Gasteiger partial charge in [-0.2, -0.15) is 15.0 Å². The molecule has 0 aliphatic rings. The topological polar surface area (TPSA) is 74.8 Å². The first-order valence-electron chi connectivity index (χ1n) is 12.4. The van der Waals surface area contributed by atoms with Gasteiger partial charge in [-0.15, -0.1) is 0 Å². The molecule has 9 heteroatoms. The van der Waals surface area contributed by atoms with Crippen LogP contribution in [0.25, 0.3) is 0 Å². The van der Waals surface area contributed by atoms with E-state index in [1.165, 1.54) is 54.4 Å². The van der Waals surface area contributed by atoms with Crippen LogP contribution >= 0.6 is 0 Å². The van der Waals surface area contributed by atoms with Gasteiger partial charge in [0, 0.05) is 0 Å². The van der Waals surface area contributed by atoms with Crippen LogP contribution in [0.1, 0.15) is 62.3 Å². The molecule has 1 aromatic rings. The summed E-state index contributed by atoms with van der Waals surface area (Å²) in [6, 6.07) is 10.7. The predicted molar refractivity (Wildman–Crippen MR) is 142 cm³/mol. The minimum absolute atomic E-state index is 0.768. The summed E-state index contributed by atoms with van der Waals surface area (Å²) in [5.41, 5.74) is 0. The highest BCUT2D eigenvalue weighted by Gasteiger charge is 2.33. The second kappa shape index (κ2) is 12.2. The van der Waals surface area contributed by atoms with Crippen molar-refractivity contribution in [1.29, 1.82) is 0 Å². The van der Waals surface area contributed by atoms with Crippen molar-refractivity contribution in [2.75, 3.05) is 14.9 Å². The molecule has 0 saturated heterocycles. The molecule has 0 radical (unpaired) electrons. The number of aromatic nitrogens is 3. The predicted octanol–water partition coefficient (Wildman–Crippen LogP) is 7.12. The minimum atomic E-state index is -1.61. The quantitative estimate of drug-likeness (QED) is 0.238. The third-order valence-corrected chi connectivity index (χ3v) is 22.3. The van der Waals surface area contributed by atoms with E-state index in [4.69, 9.17) is 15.0 Å². The maximum absolute atomic E-state index is 4.90. The van der Waals surface area contributed by atoms with Gasteiger partial charge in [-0.05, 0) is 54.4 Å². The van der Waals surface area contributed by atoms with Gasteiger partial charge < -0.3 is 14.9 Å². The summed E-state index contributed by atoms with van der Waals surface area (Å²) in [7, 11) is -4.82. The van der Waals surface area contributed by atoms with Crippen LogP contribution in [0, 0.1) is 0 Å². The van der Waals surface area contributed by atoms with E-state index in [1.807, 2.05) is 0 Å². The number of nitrogens with one attached hydrogen (secondary N) is 3. The van der Waals surface area contributed by atoms with Gasteiger partial charge in [0.15, 0.2) is 24.7 Å². The average molecular weight is 469 g/mol. The zero-order valence-electron chi connectivity index (χ0n) is 21.2. The molecule has 0 unspecified atom stereocenters. The molecule has 3 N–H and O–H groups in total. The Kier molecular flexibility index (Phi) is 11.0. The highest BCUT2D eigenvalue weighted by molar-refractivity contribution is 6.83. The van der Waals surface area contributed by atoms with E-state index in [9.17, 15) is 0 Å². The molecule has 6 nitrogen and oxygen atoms in total. The Morgan fingerprint density at radius 1 is 0.400 bits per heavy atom. The van der Waals surface area contributed by atoms with E-state index >= 15 is 0 Å². The van der Waals surface area contributed by atoms with E-state index in [1.54, 1.807) is 0 Å². The Morgan fingerprint density at radius 2 is 0.567 bits per heavy atom. The number of anilines is 3. The first kappa shape index (κ1) is 27.1. The van der Waals surface area contributed by atoms with Crippen LogP contribution in [-0.4, -0.2) is 39.7 Å². The van der Waals surface area contributed by atoms with E-state index < -0.39 is 24.7 Å². The maximum Gasteiger partial charge on any atom is 0.221 e. The smallest absolute Gasteiger partial charge is 0.221 e. The lowest BCUT2D eigenvalue weighted by Gasteiger charge is -2.32. The summed E-state index contributed by atoms with van der Waals surface area (Å²) in [5, 5.41) is 0. The fourth-order valence-corrected chi connectivity index (χ4v) is 12.2. The van der Waals surface area contributed by atoms with Gasteiger partial charge >= 0.3 is 0 Å². The van der Waals surface area contributed by atoms with Crippen molar-refractivity contribution in [3.8, 4) is 0 Å². The molecule has 0 aliphatic carbocycles. The van der Waals surface area contributed by atoms with E-state index in [-0.39, 0.29) is 0 Å². The monoisotopic (exact) mass is 468 g/mol. The molecule has 0 saturated carbocycles. The Hall–Kier alpha value is -0.939. The van der Waals surface area contributed by atoms with Gasteiger partial charge in [-0.3, -0.25) is 0 Å². The van der Waals surface area contributed by atoms with Crippen LogP contribution in [0.5, 0.6) is 0 Å². The maximum atomic E-state index is 4.90. The summed E-state index contributed by atoms with van der Waals surface area (Å²) in [6.07, 6.45) is 0. The van der Waals surface area contributed by atoms with Gasteiger partial charge in [-0.1, -0.05) is 62.3 Å². The number of rotatable bonds is 15. The highest BCUT2D eigenvalue weighted by Crippen LogP contribution is 2.27. The van der Waals surface area contributed by atoms with Crippen LogP contribution in [0.15, 0.2) is 0 Å². The minimum Gasteiger partial charge on any atom is -0.380 e. The van der Waals surface area contributed by atoms with E-state index in [0.717, 1.165) is 17.8 Å². The van der Waals surface area contributed by atoms with Crippen LogP contribution in [-0.2, 0) is 0 Å². The summed E-state index contributed by atoms with van der Waals surface area (Å²) in [5.74, 6) is 2.30. The van der Waals surface area contributed by atoms with Crippen molar-refractivity contribution in [2.45, 2.75) is 117 Å². The second-order valence-electron chi connectivity index (χ2n) is 8.70. The van der Waals surface area contributed by atoms with Gasteiger partial charge in [0.2, 0.25) is 17.8 Å². The Morgan fingerprint density at radius 3 is 0.700 bits per heavy atom. The fourth-order valence-electron chi connectivity index (χ4n) is 4.30. The van der Waals surface area contributed by atoms with Crippen LogP contribution in [0.3, 0.4) is 0 Å². The molecule has 0 atom stereocenters. The molecular weight excluding hydrogens is 421 g/mol. The SMILES string of the molecule is CC[Si](CC)(CC)Nc1nc(N[Si](CC)(CC)CC)nc(N[Si](CC)(CC)CC)n1. The molecule has 0 aliphatic heterocycles. The van der Waals surface area contributed by atoms with E-state index in [2.05, 4.69) is 77.3 Å². The lowest BCUT2D eigenvalue weighted by Crippen LogP contribution is -2.45. The Balaban J connectivity index is 3.43.